The molecule has 10 heteroatoms. The van der Waals surface area contributed by atoms with Gasteiger partial charge in [0.1, 0.15) is 11.7 Å². The molecule has 38 heavy (non-hydrogen) atoms. The third-order valence-electron chi connectivity index (χ3n) is 7.83. The number of aromatic nitrogens is 3. The van der Waals surface area contributed by atoms with Crippen LogP contribution in [0.15, 0.2) is 70.2 Å². The highest BCUT2D eigenvalue weighted by atomic mass is 32.2. The van der Waals surface area contributed by atoms with E-state index < -0.39 is 9.84 Å². The molecular formula is C28H26FN5O3S. The van der Waals surface area contributed by atoms with Crippen molar-refractivity contribution in [3.05, 3.63) is 83.3 Å². The molecule has 4 aromatic rings. The molecule has 0 bridgehead atoms. The molecule has 2 aromatic heterocycles. The van der Waals surface area contributed by atoms with Crippen LogP contribution in [0.1, 0.15) is 35.7 Å². The minimum atomic E-state index is -3.05. The van der Waals surface area contributed by atoms with E-state index in [-0.39, 0.29) is 28.8 Å². The topological polar surface area (TPSA) is 93.6 Å². The molecule has 7 rings (SSSR count). The van der Waals surface area contributed by atoms with Crippen LogP contribution >= 0.6 is 0 Å². The lowest BCUT2D eigenvalue weighted by atomic mass is 9.77. The molecule has 0 aliphatic carbocycles. The minimum Gasteiger partial charge on any atom is -0.354 e. The van der Waals surface area contributed by atoms with E-state index in [1.54, 1.807) is 12.5 Å². The second-order valence-corrected chi connectivity index (χ2v) is 12.8. The van der Waals surface area contributed by atoms with Gasteiger partial charge in [-0.2, -0.15) is 0 Å². The highest BCUT2D eigenvalue weighted by Gasteiger charge is 2.54. The van der Waals surface area contributed by atoms with Gasteiger partial charge in [-0.15, -0.1) is 0 Å². The van der Waals surface area contributed by atoms with E-state index in [1.165, 1.54) is 12.1 Å². The van der Waals surface area contributed by atoms with Crippen molar-refractivity contribution in [2.45, 2.75) is 25.8 Å². The molecule has 1 unspecified atom stereocenters. The predicted octanol–water partition coefficient (Wildman–Crippen LogP) is 4.51. The van der Waals surface area contributed by atoms with Crippen LogP contribution in [0, 0.1) is 18.2 Å². The Balaban J connectivity index is 1.32. The van der Waals surface area contributed by atoms with Crippen LogP contribution in [-0.2, 0) is 9.84 Å². The normalized spacial score (nSPS) is 22.9. The van der Waals surface area contributed by atoms with Gasteiger partial charge in [0.2, 0.25) is 0 Å². The van der Waals surface area contributed by atoms with Crippen LogP contribution in [0.4, 0.5) is 4.39 Å². The highest BCUT2D eigenvalue weighted by molar-refractivity contribution is 7.92. The van der Waals surface area contributed by atoms with Gasteiger partial charge in [0.25, 0.3) is 0 Å². The standard InChI is InChI=1S/C28H26FN5O3S/c1-18-13-33(17-31-18)25-7-4-20(23-12-32-37-26(23)25)10-21-11-28(15-38(35,36)16-28)14-34-24(8-9-30-27(21)34)19-2-5-22(29)6-3-19/h2-7,10,12-13,17,24H,8-9,11,14-16H2,1H3/b21-10+. The first-order valence-corrected chi connectivity index (χ1v) is 14.5. The Morgan fingerprint density at radius 1 is 1.16 bits per heavy atom. The van der Waals surface area contributed by atoms with Gasteiger partial charge in [-0.1, -0.05) is 23.4 Å². The second-order valence-electron chi connectivity index (χ2n) is 10.7. The van der Waals surface area contributed by atoms with E-state index in [0.717, 1.165) is 45.7 Å². The number of piperidine rings is 1. The number of hydrogen-bond donors (Lipinski definition) is 0. The van der Waals surface area contributed by atoms with Gasteiger partial charge in [-0.3, -0.25) is 4.99 Å². The summed E-state index contributed by atoms with van der Waals surface area (Å²) in [4.78, 5) is 11.5. The Morgan fingerprint density at radius 2 is 1.97 bits per heavy atom. The van der Waals surface area contributed by atoms with Crippen molar-refractivity contribution in [3.8, 4) is 5.69 Å². The summed E-state index contributed by atoms with van der Waals surface area (Å²) in [6, 6.07) is 10.6. The lowest BCUT2D eigenvalue weighted by molar-refractivity contribution is 0.167. The molecule has 0 saturated carbocycles. The molecule has 2 fully saturated rings. The van der Waals surface area contributed by atoms with E-state index in [4.69, 9.17) is 9.52 Å². The van der Waals surface area contributed by atoms with Crippen molar-refractivity contribution in [3.63, 3.8) is 0 Å². The number of imidazole rings is 1. The molecule has 2 saturated heterocycles. The van der Waals surface area contributed by atoms with Gasteiger partial charge in [0, 0.05) is 24.7 Å². The van der Waals surface area contributed by atoms with Crippen molar-refractivity contribution in [2.75, 3.05) is 24.6 Å². The fourth-order valence-electron chi connectivity index (χ4n) is 6.32. The zero-order valence-corrected chi connectivity index (χ0v) is 21.7. The molecule has 2 aromatic carbocycles. The molecule has 8 nitrogen and oxygen atoms in total. The van der Waals surface area contributed by atoms with Crippen molar-refractivity contribution in [2.24, 2.45) is 10.4 Å². The van der Waals surface area contributed by atoms with Crippen LogP contribution in [0.25, 0.3) is 22.7 Å². The summed E-state index contributed by atoms with van der Waals surface area (Å²) >= 11 is 0. The van der Waals surface area contributed by atoms with Gasteiger partial charge in [0.05, 0.1) is 46.8 Å². The molecule has 194 valence electrons. The molecule has 0 radical (unpaired) electrons. The summed E-state index contributed by atoms with van der Waals surface area (Å²) in [7, 11) is -3.05. The van der Waals surface area contributed by atoms with Crippen molar-refractivity contribution < 1.29 is 17.3 Å². The van der Waals surface area contributed by atoms with Crippen molar-refractivity contribution in [1.29, 1.82) is 0 Å². The zero-order valence-electron chi connectivity index (χ0n) is 20.8. The van der Waals surface area contributed by atoms with E-state index >= 15 is 0 Å². The van der Waals surface area contributed by atoms with Gasteiger partial charge < -0.3 is 14.0 Å². The summed E-state index contributed by atoms with van der Waals surface area (Å²) < 4.78 is 45.9. The third-order valence-corrected chi connectivity index (χ3v) is 9.94. The Morgan fingerprint density at radius 3 is 2.71 bits per heavy atom. The summed E-state index contributed by atoms with van der Waals surface area (Å²) in [6.07, 6.45) is 8.92. The number of aryl methyl sites for hydroxylation is 1. The number of sulfone groups is 1. The Bertz CT molecular complexity index is 1720. The van der Waals surface area contributed by atoms with Crippen LogP contribution in [0.3, 0.4) is 0 Å². The third kappa shape index (κ3) is 3.86. The second kappa shape index (κ2) is 8.36. The van der Waals surface area contributed by atoms with E-state index in [2.05, 4.69) is 21.1 Å². The maximum atomic E-state index is 13.7. The average molecular weight is 532 g/mol. The first-order valence-electron chi connectivity index (χ1n) is 12.7. The number of nitrogens with zero attached hydrogens (tertiary/aromatic N) is 5. The van der Waals surface area contributed by atoms with Gasteiger partial charge in [-0.25, -0.2) is 17.8 Å². The van der Waals surface area contributed by atoms with Crippen LogP contribution in [-0.4, -0.2) is 58.5 Å². The first kappa shape index (κ1) is 23.3. The van der Waals surface area contributed by atoms with Gasteiger partial charge >= 0.3 is 0 Å². The molecule has 0 amide bonds. The molecule has 5 heterocycles. The Hall–Kier alpha value is -3.79. The average Bonchev–Trinajstić information content (AvgIpc) is 3.53. The van der Waals surface area contributed by atoms with Crippen LogP contribution in [0.2, 0.25) is 0 Å². The number of aliphatic imine (C=N–C) groups is 1. The number of hydrogen-bond acceptors (Lipinski definition) is 7. The lowest BCUT2D eigenvalue weighted by Gasteiger charge is -2.53. The fourth-order valence-corrected chi connectivity index (χ4v) is 8.49. The van der Waals surface area contributed by atoms with Gasteiger partial charge in [0.15, 0.2) is 15.4 Å². The number of rotatable bonds is 3. The van der Waals surface area contributed by atoms with Crippen molar-refractivity contribution in [1.82, 2.24) is 19.6 Å². The Labute approximate surface area is 219 Å². The predicted molar refractivity (Wildman–Crippen MR) is 142 cm³/mol. The van der Waals surface area contributed by atoms with Crippen molar-refractivity contribution >= 4 is 32.7 Å². The summed E-state index contributed by atoms with van der Waals surface area (Å²) in [5.74, 6) is 0.947. The van der Waals surface area contributed by atoms with E-state index in [1.807, 2.05) is 42.0 Å². The maximum absolute atomic E-state index is 13.7. The lowest BCUT2D eigenvalue weighted by Crippen LogP contribution is -2.60. The van der Waals surface area contributed by atoms with E-state index in [9.17, 15) is 12.8 Å². The van der Waals surface area contributed by atoms with Crippen LogP contribution < -0.4 is 0 Å². The quantitative estimate of drug-likeness (QED) is 0.386. The summed E-state index contributed by atoms with van der Waals surface area (Å²) in [6.45, 7) is 3.20. The fraction of sp³-hybridized carbons (Fsp3) is 0.321. The van der Waals surface area contributed by atoms with Gasteiger partial charge in [-0.05, 0) is 60.7 Å². The highest BCUT2D eigenvalue weighted by Crippen LogP contribution is 2.47. The monoisotopic (exact) mass is 531 g/mol. The SMILES string of the molecule is Cc1cn(-c2ccc(/C=C3\CC4(CN5C3=NCCC5c3ccc(F)cc3)CS(=O)(=O)C4)c3cnoc23)cn1. The summed E-state index contributed by atoms with van der Waals surface area (Å²) in [5, 5.41) is 4.94. The molecule has 0 N–H and O–H groups in total. The Kier molecular flexibility index (Phi) is 5.13. The zero-order chi connectivity index (χ0) is 26.1. The minimum absolute atomic E-state index is 0.00875. The number of amidine groups is 1. The number of halogens is 1. The maximum Gasteiger partial charge on any atom is 0.191 e. The largest absolute Gasteiger partial charge is 0.354 e. The summed E-state index contributed by atoms with van der Waals surface area (Å²) in [5.41, 5.74) is 4.99. The number of fused-ring (bicyclic) bond motifs is 2. The molecule has 3 aliphatic heterocycles. The molecule has 3 aliphatic rings. The smallest absolute Gasteiger partial charge is 0.191 e. The number of benzene rings is 2. The molecule has 1 spiro atoms. The first-order chi connectivity index (χ1) is 18.3. The molecule has 1 atom stereocenters. The van der Waals surface area contributed by atoms with E-state index in [0.29, 0.717) is 25.1 Å². The molecular weight excluding hydrogens is 505 g/mol. The van der Waals surface area contributed by atoms with Crippen LogP contribution in [0.5, 0.6) is 0 Å².